The van der Waals surface area contributed by atoms with Crippen molar-refractivity contribution in [3.05, 3.63) is 30.5 Å². The van der Waals surface area contributed by atoms with Gasteiger partial charge in [0.25, 0.3) is 0 Å². The van der Waals surface area contributed by atoms with E-state index in [0.29, 0.717) is 0 Å². The van der Waals surface area contributed by atoms with Crippen LogP contribution in [0.25, 0.3) is 11.0 Å². The van der Waals surface area contributed by atoms with Crippen LogP contribution in [0.2, 0.25) is 0 Å². The molecule has 0 radical (unpaired) electrons. The highest BCUT2D eigenvalue weighted by Gasteiger charge is 2.13. The highest BCUT2D eigenvalue weighted by Crippen LogP contribution is 2.23. The number of hydrogen-bond donors (Lipinski definition) is 1. The zero-order valence-electron chi connectivity index (χ0n) is 10.3. The molecule has 94 valence electrons. The van der Waals surface area contributed by atoms with E-state index >= 15 is 0 Å². The summed E-state index contributed by atoms with van der Waals surface area (Å²) in [6.45, 7) is 2.32. The molecule has 0 aliphatic carbocycles. The van der Waals surface area contributed by atoms with E-state index in [1.165, 1.54) is 19.4 Å². The Morgan fingerprint density at radius 3 is 3.00 bits per heavy atom. The van der Waals surface area contributed by atoms with Crippen LogP contribution in [0.1, 0.15) is 12.8 Å². The molecule has 1 saturated heterocycles. The first-order valence-electron chi connectivity index (χ1n) is 6.47. The second-order valence-electron chi connectivity index (χ2n) is 4.72. The molecule has 1 N–H and O–H groups in total. The van der Waals surface area contributed by atoms with Gasteiger partial charge in [0.15, 0.2) is 0 Å². The van der Waals surface area contributed by atoms with E-state index in [0.717, 1.165) is 34.3 Å². The van der Waals surface area contributed by atoms with Crippen molar-refractivity contribution in [2.75, 3.05) is 18.8 Å². The van der Waals surface area contributed by atoms with E-state index in [-0.39, 0.29) is 0 Å². The predicted octanol–water partition coefficient (Wildman–Crippen LogP) is 2.72. The maximum atomic E-state index is 4.64. The lowest BCUT2D eigenvalue weighted by Gasteiger charge is -2.21. The molecule has 1 fully saturated rings. The van der Waals surface area contributed by atoms with Crippen LogP contribution in [0.5, 0.6) is 0 Å². The van der Waals surface area contributed by atoms with Gasteiger partial charge >= 0.3 is 0 Å². The Labute approximate surface area is 111 Å². The van der Waals surface area contributed by atoms with Crippen molar-refractivity contribution in [2.24, 2.45) is 5.92 Å². The third-order valence-electron chi connectivity index (χ3n) is 3.29. The number of fused-ring (bicyclic) bond motifs is 1. The Bertz CT molecular complexity index is 523. The van der Waals surface area contributed by atoms with Crippen LogP contribution < -0.4 is 5.32 Å². The first-order chi connectivity index (χ1) is 8.92. The van der Waals surface area contributed by atoms with Crippen molar-refractivity contribution in [1.29, 1.82) is 0 Å². The molecular formula is C14H17N3S. The number of piperidine rings is 1. The summed E-state index contributed by atoms with van der Waals surface area (Å²) in [5.74, 6) is 1.91. The van der Waals surface area contributed by atoms with Gasteiger partial charge in [-0.15, -0.1) is 11.8 Å². The first kappa shape index (κ1) is 11.9. The third-order valence-corrected chi connectivity index (χ3v) is 4.42. The van der Waals surface area contributed by atoms with Gasteiger partial charge < -0.3 is 5.32 Å². The summed E-state index contributed by atoms with van der Waals surface area (Å²) in [5, 5.41) is 4.49. The molecule has 1 aromatic carbocycles. The lowest BCUT2D eigenvalue weighted by atomic mass is 10.0. The fraction of sp³-hybridized carbons (Fsp3) is 0.429. The number of benzene rings is 1. The summed E-state index contributed by atoms with van der Waals surface area (Å²) in [6, 6.07) is 8.03. The molecule has 0 bridgehead atoms. The van der Waals surface area contributed by atoms with Gasteiger partial charge in [0.05, 0.1) is 17.2 Å². The van der Waals surface area contributed by atoms with Crippen molar-refractivity contribution in [1.82, 2.24) is 15.3 Å². The van der Waals surface area contributed by atoms with E-state index in [1.54, 1.807) is 0 Å². The van der Waals surface area contributed by atoms with Gasteiger partial charge in [-0.1, -0.05) is 12.1 Å². The Hall–Kier alpha value is -1.13. The molecule has 3 nitrogen and oxygen atoms in total. The van der Waals surface area contributed by atoms with Crippen LogP contribution in [0.4, 0.5) is 0 Å². The largest absolute Gasteiger partial charge is 0.316 e. The van der Waals surface area contributed by atoms with Crippen LogP contribution in [-0.2, 0) is 0 Å². The van der Waals surface area contributed by atoms with Gasteiger partial charge in [0, 0.05) is 5.75 Å². The number of nitrogens with one attached hydrogen (secondary N) is 1. The standard InChI is InChI=1S/C14H17N3S/c1-2-6-13-12(5-1)16-9-14(17-13)18-10-11-4-3-7-15-8-11/h1-2,5-6,9,11,15H,3-4,7-8,10H2/t11-/m1/s1. The normalized spacial score (nSPS) is 20.1. The number of nitrogens with zero attached hydrogens (tertiary/aromatic N) is 2. The van der Waals surface area contributed by atoms with Crippen LogP contribution in [0.3, 0.4) is 0 Å². The number of para-hydroxylation sites is 2. The fourth-order valence-electron chi connectivity index (χ4n) is 2.28. The molecule has 0 unspecified atom stereocenters. The van der Waals surface area contributed by atoms with Gasteiger partial charge in [0.1, 0.15) is 5.03 Å². The van der Waals surface area contributed by atoms with Crippen LogP contribution >= 0.6 is 11.8 Å². The van der Waals surface area contributed by atoms with E-state index < -0.39 is 0 Å². The molecule has 1 aliphatic rings. The maximum absolute atomic E-state index is 4.64. The zero-order chi connectivity index (χ0) is 12.2. The van der Waals surface area contributed by atoms with Gasteiger partial charge in [-0.25, -0.2) is 4.98 Å². The Morgan fingerprint density at radius 2 is 2.17 bits per heavy atom. The number of hydrogen-bond acceptors (Lipinski definition) is 4. The zero-order valence-corrected chi connectivity index (χ0v) is 11.1. The van der Waals surface area contributed by atoms with Crippen molar-refractivity contribution in [3.8, 4) is 0 Å². The average Bonchev–Trinajstić information content (AvgIpc) is 2.46. The van der Waals surface area contributed by atoms with E-state index in [4.69, 9.17) is 0 Å². The minimum atomic E-state index is 0.775. The topological polar surface area (TPSA) is 37.8 Å². The smallest absolute Gasteiger partial charge is 0.115 e. The molecule has 2 heterocycles. The summed E-state index contributed by atoms with van der Waals surface area (Å²) in [5.41, 5.74) is 1.96. The second-order valence-corrected chi connectivity index (χ2v) is 5.76. The molecular weight excluding hydrogens is 242 g/mol. The highest BCUT2D eigenvalue weighted by atomic mass is 32.2. The number of rotatable bonds is 3. The van der Waals surface area contributed by atoms with Gasteiger partial charge in [-0.05, 0) is 44.0 Å². The molecule has 3 rings (SSSR count). The molecule has 1 aliphatic heterocycles. The lowest BCUT2D eigenvalue weighted by Crippen LogP contribution is -2.30. The number of thioether (sulfide) groups is 1. The number of aromatic nitrogens is 2. The predicted molar refractivity (Wildman–Crippen MR) is 75.9 cm³/mol. The van der Waals surface area contributed by atoms with E-state index in [9.17, 15) is 0 Å². The molecule has 18 heavy (non-hydrogen) atoms. The van der Waals surface area contributed by atoms with Crippen molar-refractivity contribution < 1.29 is 0 Å². The van der Waals surface area contributed by atoms with Gasteiger partial charge in [-0.2, -0.15) is 0 Å². The van der Waals surface area contributed by atoms with Gasteiger partial charge in [-0.3, -0.25) is 4.98 Å². The van der Waals surface area contributed by atoms with E-state index in [2.05, 4.69) is 15.3 Å². The van der Waals surface area contributed by atoms with Crippen molar-refractivity contribution in [2.45, 2.75) is 17.9 Å². The van der Waals surface area contributed by atoms with Crippen molar-refractivity contribution in [3.63, 3.8) is 0 Å². The maximum Gasteiger partial charge on any atom is 0.115 e. The van der Waals surface area contributed by atoms with E-state index in [1.807, 2.05) is 42.2 Å². The minimum Gasteiger partial charge on any atom is -0.316 e. The quantitative estimate of drug-likeness (QED) is 0.860. The Kier molecular flexibility index (Phi) is 3.76. The second kappa shape index (κ2) is 5.67. The molecule has 4 heteroatoms. The summed E-state index contributed by atoms with van der Waals surface area (Å²) in [4.78, 5) is 9.09. The molecule has 0 spiro atoms. The average molecular weight is 259 g/mol. The third kappa shape index (κ3) is 2.82. The molecule has 2 aromatic rings. The fourth-order valence-corrected chi connectivity index (χ4v) is 3.26. The van der Waals surface area contributed by atoms with Gasteiger partial charge in [0.2, 0.25) is 0 Å². The Morgan fingerprint density at radius 1 is 1.28 bits per heavy atom. The minimum absolute atomic E-state index is 0.775. The highest BCUT2D eigenvalue weighted by molar-refractivity contribution is 7.99. The molecule has 1 aromatic heterocycles. The summed E-state index contributed by atoms with van der Waals surface area (Å²) in [6.07, 6.45) is 4.53. The molecule has 0 amide bonds. The first-order valence-corrected chi connectivity index (χ1v) is 7.46. The van der Waals surface area contributed by atoms with Crippen LogP contribution in [-0.4, -0.2) is 28.8 Å². The summed E-state index contributed by atoms with van der Waals surface area (Å²) >= 11 is 1.83. The molecule has 1 atom stereocenters. The van der Waals surface area contributed by atoms with Crippen molar-refractivity contribution >= 4 is 22.8 Å². The monoisotopic (exact) mass is 259 g/mol. The summed E-state index contributed by atoms with van der Waals surface area (Å²) in [7, 11) is 0. The molecule has 0 saturated carbocycles. The lowest BCUT2D eigenvalue weighted by molar-refractivity contribution is 0.410. The van der Waals surface area contributed by atoms with Crippen LogP contribution in [0.15, 0.2) is 35.5 Å². The Balaban J connectivity index is 1.66. The summed E-state index contributed by atoms with van der Waals surface area (Å²) < 4.78 is 0. The van der Waals surface area contributed by atoms with Crippen LogP contribution in [0, 0.1) is 5.92 Å². The SMILES string of the molecule is c1ccc2nc(SC[C@@H]3CCCNC3)cnc2c1.